The molecule has 0 saturated carbocycles. The van der Waals surface area contributed by atoms with Crippen molar-refractivity contribution >= 4 is 46.4 Å². The zero-order valence-corrected chi connectivity index (χ0v) is 16.7. The normalized spacial score (nSPS) is 14.8. The minimum Gasteiger partial charge on any atom is -0.268 e. The molecule has 0 saturated heterocycles. The fraction of sp³-hybridized carbons (Fsp3) is 0.238. The van der Waals surface area contributed by atoms with E-state index < -0.39 is 0 Å². The van der Waals surface area contributed by atoms with Gasteiger partial charge in [-0.15, -0.1) is 11.8 Å². The quantitative estimate of drug-likeness (QED) is 0.663. The molecule has 0 unspecified atom stereocenters. The van der Waals surface area contributed by atoms with Crippen LogP contribution < -0.4 is 4.90 Å². The van der Waals surface area contributed by atoms with Crippen LogP contribution in [0.1, 0.15) is 30.5 Å². The number of rotatable bonds is 4. The molecule has 2 amide bonds. The molecule has 5 heteroatoms. The third-order valence-electron chi connectivity index (χ3n) is 3.99. The van der Waals surface area contributed by atoms with Crippen molar-refractivity contribution in [1.29, 1.82) is 0 Å². The van der Waals surface area contributed by atoms with E-state index in [0.717, 1.165) is 11.1 Å². The molecule has 0 atom stereocenters. The standard InChI is InChI=1S/C21H20ClNO2S/c1-12(2)26-19-18(15-5-7-16(22)8-6-15)20(24)23(21(19)25)17-10-13(3)9-14(4)11-17/h5-12H,1-4H3. The first-order chi connectivity index (χ1) is 12.3. The number of aryl methyl sites for hydroxylation is 2. The van der Waals surface area contributed by atoms with Gasteiger partial charge in [0.2, 0.25) is 0 Å². The maximum absolute atomic E-state index is 13.2. The lowest BCUT2D eigenvalue weighted by Gasteiger charge is -2.17. The minimum atomic E-state index is -0.287. The van der Waals surface area contributed by atoms with Crippen molar-refractivity contribution in [3.63, 3.8) is 0 Å². The molecular weight excluding hydrogens is 366 g/mol. The Bertz CT molecular complexity index is 896. The summed E-state index contributed by atoms with van der Waals surface area (Å²) in [7, 11) is 0. The number of imide groups is 1. The molecule has 0 fully saturated rings. The lowest BCUT2D eigenvalue weighted by atomic mass is 10.1. The average Bonchev–Trinajstić information content (AvgIpc) is 2.77. The van der Waals surface area contributed by atoms with Crippen LogP contribution in [0, 0.1) is 13.8 Å². The van der Waals surface area contributed by atoms with E-state index in [2.05, 4.69) is 0 Å². The smallest absolute Gasteiger partial charge is 0.268 e. The molecule has 1 heterocycles. The average molecular weight is 386 g/mol. The molecule has 134 valence electrons. The highest BCUT2D eigenvalue weighted by molar-refractivity contribution is 8.04. The van der Waals surface area contributed by atoms with Crippen LogP contribution in [0.4, 0.5) is 5.69 Å². The third-order valence-corrected chi connectivity index (χ3v) is 5.33. The summed E-state index contributed by atoms with van der Waals surface area (Å²) in [4.78, 5) is 28.1. The van der Waals surface area contributed by atoms with Crippen LogP contribution in [-0.2, 0) is 9.59 Å². The lowest BCUT2D eigenvalue weighted by molar-refractivity contribution is -0.119. The number of benzene rings is 2. The Kier molecular flexibility index (Phi) is 5.26. The van der Waals surface area contributed by atoms with E-state index in [1.807, 2.05) is 45.9 Å². The molecule has 2 aromatic rings. The molecule has 26 heavy (non-hydrogen) atoms. The van der Waals surface area contributed by atoms with Crippen molar-refractivity contribution in [2.24, 2.45) is 0 Å². The molecule has 0 aromatic heterocycles. The molecule has 0 N–H and O–H groups in total. The lowest BCUT2D eigenvalue weighted by Crippen LogP contribution is -2.31. The highest BCUT2D eigenvalue weighted by atomic mass is 35.5. The van der Waals surface area contributed by atoms with Gasteiger partial charge < -0.3 is 0 Å². The summed E-state index contributed by atoms with van der Waals surface area (Å²) in [5.41, 5.74) is 3.80. The second-order valence-corrected chi connectivity index (χ2v) is 8.69. The molecule has 0 spiro atoms. The minimum absolute atomic E-state index is 0.184. The Hall–Kier alpha value is -2.04. The fourth-order valence-corrected chi connectivity index (χ4v) is 4.15. The van der Waals surface area contributed by atoms with Gasteiger partial charge in [-0.25, -0.2) is 4.90 Å². The number of hydrogen-bond acceptors (Lipinski definition) is 3. The number of thioether (sulfide) groups is 1. The number of hydrogen-bond donors (Lipinski definition) is 0. The van der Waals surface area contributed by atoms with Crippen LogP contribution >= 0.6 is 23.4 Å². The highest BCUT2D eigenvalue weighted by Crippen LogP contribution is 2.40. The van der Waals surface area contributed by atoms with E-state index in [4.69, 9.17) is 11.6 Å². The second-order valence-electron chi connectivity index (χ2n) is 6.67. The van der Waals surface area contributed by atoms with Crippen molar-refractivity contribution in [3.05, 3.63) is 69.1 Å². The van der Waals surface area contributed by atoms with E-state index >= 15 is 0 Å². The van der Waals surface area contributed by atoms with Crippen molar-refractivity contribution in [3.8, 4) is 0 Å². The van der Waals surface area contributed by atoms with Gasteiger partial charge in [-0.3, -0.25) is 9.59 Å². The van der Waals surface area contributed by atoms with Gasteiger partial charge in [0.15, 0.2) is 0 Å². The van der Waals surface area contributed by atoms with Gasteiger partial charge in [-0.2, -0.15) is 0 Å². The summed E-state index contributed by atoms with van der Waals surface area (Å²) in [6, 6.07) is 12.8. The van der Waals surface area contributed by atoms with Crippen molar-refractivity contribution < 1.29 is 9.59 Å². The molecule has 0 aliphatic carbocycles. The van der Waals surface area contributed by atoms with E-state index in [0.29, 0.717) is 26.8 Å². The van der Waals surface area contributed by atoms with Crippen LogP contribution in [0.5, 0.6) is 0 Å². The Balaban J connectivity index is 2.12. The molecular formula is C21H20ClNO2S. The zero-order valence-electron chi connectivity index (χ0n) is 15.2. The molecule has 0 radical (unpaired) electrons. The van der Waals surface area contributed by atoms with Crippen LogP contribution in [0.2, 0.25) is 5.02 Å². The fourth-order valence-electron chi connectivity index (χ4n) is 3.04. The summed E-state index contributed by atoms with van der Waals surface area (Å²) >= 11 is 7.40. The van der Waals surface area contributed by atoms with Gasteiger partial charge >= 0.3 is 0 Å². The Morgan fingerprint density at radius 3 is 2.04 bits per heavy atom. The van der Waals surface area contributed by atoms with Gasteiger partial charge in [0.25, 0.3) is 11.8 Å². The van der Waals surface area contributed by atoms with E-state index in [1.165, 1.54) is 16.7 Å². The summed E-state index contributed by atoms with van der Waals surface area (Å²) < 4.78 is 0. The first-order valence-corrected chi connectivity index (χ1v) is 9.67. The van der Waals surface area contributed by atoms with Gasteiger partial charge in [-0.1, -0.05) is 43.6 Å². The number of nitrogens with zero attached hydrogens (tertiary/aromatic N) is 1. The summed E-state index contributed by atoms with van der Waals surface area (Å²) in [5, 5.41) is 0.776. The first kappa shape index (κ1) is 18.7. The molecule has 0 bridgehead atoms. The second kappa shape index (κ2) is 7.29. The maximum Gasteiger partial charge on any atom is 0.272 e. The van der Waals surface area contributed by atoms with E-state index in [-0.39, 0.29) is 17.1 Å². The summed E-state index contributed by atoms with van der Waals surface area (Å²) in [6.07, 6.45) is 0. The predicted molar refractivity (Wildman–Crippen MR) is 110 cm³/mol. The Morgan fingerprint density at radius 1 is 0.923 bits per heavy atom. The molecule has 3 nitrogen and oxygen atoms in total. The maximum atomic E-state index is 13.2. The topological polar surface area (TPSA) is 37.4 Å². The van der Waals surface area contributed by atoms with E-state index in [9.17, 15) is 9.59 Å². The van der Waals surface area contributed by atoms with Gasteiger partial charge in [0.05, 0.1) is 16.2 Å². The van der Waals surface area contributed by atoms with Crippen LogP contribution in [0.3, 0.4) is 0 Å². The molecule has 3 rings (SSSR count). The summed E-state index contributed by atoms with van der Waals surface area (Å²) in [6.45, 7) is 7.93. The highest BCUT2D eigenvalue weighted by Gasteiger charge is 2.40. The third kappa shape index (κ3) is 3.57. The molecule has 2 aromatic carbocycles. The van der Waals surface area contributed by atoms with E-state index in [1.54, 1.807) is 24.3 Å². The van der Waals surface area contributed by atoms with Crippen molar-refractivity contribution in [2.45, 2.75) is 32.9 Å². The van der Waals surface area contributed by atoms with Gasteiger partial charge in [0, 0.05) is 10.3 Å². The number of carbonyl (C=O) groups excluding carboxylic acids is 2. The predicted octanol–water partition coefficient (Wildman–Crippen LogP) is 5.38. The monoisotopic (exact) mass is 385 g/mol. The van der Waals surface area contributed by atoms with Crippen LogP contribution in [0.25, 0.3) is 5.57 Å². The molecule has 1 aliphatic heterocycles. The number of amides is 2. The van der Waals surface area contributed by atoms with Gasteiger partial charge in [0.1, 0.15) is 0 Å². The zero-order chi connectivity index (χ0) is 19.0. The van der Waals surface area contributed by atoms with Crippen molar-refractivity contribution in [2.75, 3.05) is 4.90 Å². The van der Waals surface area contributed by atoms with Gasteiger partial charge in [-0.05, 0) is 54.8 Å². The van der Waals surface area contributed by atoms with Crippen molar-refractivity contribution in [1.82, 2.24) is 0 Å². The summed E-state index contributed by atoms with van der Waals surface area (Å²) in [5.74, 6) is -0.547. The first-order valence-electron chi connectivity index (χ1n) is 8.42. The number of carbonyl (C=O) groups is 2. The van der Waals surface area contributed by atoms with Crippen LogP contribution in [-0.4, -0.2) is 17.1 Å². The number of halogens is 1. The number of anilines is 1. The Morgan fingerprint density at radius 2 is 1.50 bits per heavy atom. The SMILES string of the molecule is Cc1cc(C)cc(N2C(=O)C(SC(C)C)=C(c3ccc(Cl)cc3)C2=O)c1. The molecule has 1 aliphatic rings. The largest absolute Gasteiger partial charge is 0.272 e. The van der Waals surface area contributed by atoms with Crippen LogP contribution in [0.15, 0.2) is 47.4 Å². The Labute approximate surface area is 163 Å².